The summed E-state index contributed by atoms with van der Waals surface area (Å²) in [7, 11) is 0. The molecule has 3 nitrogen and oxygen atoms in total. The Labute approximate surface area is 109 Å². The monoisotopic (exact) mass is 294 g/mol. The Bertz CT molecular complexity index is 455. The summed E-state index contributed by atoms with van der Waals surface area (Å²) in [5.41, 5.74) is 6.97. The van der Waals surface area contributed by atoms with E-state index in [1.165, 1.54) is 5.56 Å². The molecule has 1 aromatic heterocycles. The van der Waals surface area contributed by atoms with Crippen LogP contribution in [-0.4, -0.2) is 6.54 Å². The van der Waals surface area contributed by atoms with E-state index in [0.717, 1.165) is 17.0 Å². The Morgan fingerprint density at radius 1 is 1.18 bits per heavy atom. The van der Waals surface area contributed by atoms with Crippen molar-refractivity contribution in [2.24, 2.45) is 5.73 Å². The normalized spacial score (nSPS) is 12.6. The maximum absolute atomic E-state index is 5.74. The molecule has 0 saturated carbocycles. The van der Waals surface area contributed by atoms with Gasteiger partial charge >= 0.3 is 0 Å². The molecule has 0 saturated heterocycles. The summed E-state index contributed by atoms with van der Waals surface area (Å²) in [6.07, 6.45) is 0. The van der Waals surface area contributed by atoms with Gasteiger partial charge in [0, 0.05) is 13.1 Å². The molecule has 3 N–H and O–H groups in total. The third-order valence-electron chi connectivity index (χ3n) is 2.57. The third-order valence-corrected chi connectivity index (χ3v) is 2.99. The Morgan fingerprint density at radius 3 is 2.53 bits per heavy atom. The number of hydrogen-bond donors (Lipinski definition) is 2. The largest absolute Gasteiger partial charge is 0.453 e. The molecule has 0 aliphatic carbocycles. The first-order chi connectivity index (χ1) is 8.29. The first kappa shape index (κ1) is 12.4. The molecule has 17 heavy (non-hydrogen) atoms. The minimum absolute atomic E-state index is 0.0431. The second kappa shape index (κ2) is 6.00. The van der Waals surface area contributed by atoms with Crippen molar-refractivity contribution in [2.45, 2.75) is 12.6 Å². The van der Waals surface area contributed by atoms with Gasteiger partial charge in [0.15, 0.2) is 4.67 Å². The van der Waals surface area contributed by atoms with Crippen LogP contribution < -0.4 is 11.1 Å². The minimum Gasteiger partial charge on any atom is -0.453 e. The van der Waals surface area contributed by atoms with Crippen molar-refractivity contribution in [1.82, 2.24) is 5.32 Å². The van der Waals surface area contributed by atoms with Crippen LogP contribution in [0, 0.1) is 0 Å². The highest BCUT2D eigenvalue weighted by atomic mass is 79.9. The summed E-state index contributed by atoms with van der Waals surface area (Å²) >= 11 is 3.29. The second-order valence-corrected chi connectivity index (χ2v) is 4.58. The van der Waals surface area contributed by atoms with Crippen molar-refractivity contribution in [3.63, 3.8) is 0 Å². The van der Waals surface area contributed by atoms with Crippen LogP contribution in [0.1, 0.15) is 17.4 Å². The standard InChI is InChI=1S/C13H15BrN2O/c14-13-7-6-12(17-13)11(8-15)16-9-10-4-2-1-3-5-10/h1-7,11,16H,8-9,15H2. The molecule has 0 radical (unpaired) electrons. The molecular formula is C13H15BrN2O. The summed E-state index contributed by atoms with van der Waals surface area (Å²) < 4.78 is 6.23. The number of nitrogens with two attached hydrogens (primary N) is 1. The van der Waals surface area contributed by atoms with Gasteiger partial charge in [-0.3, -0.25) is 0 Å². The van der Waals surface area contributed by atoms with E-state index in [9.17, 15) is 0 Å². The van der Waals surface area contributed by atoms with Crippen molar-refractivity contribution in [1.29, 1.82) is 0 Å². The van der Waals surface area contributed by atoms with Crippen molar-refractivity contribution in [3.8, 4) is 0 Å². The second-order valence-electron chi connectivity index (χ2n) is 3.80. The van der Waals surface area contributed by atoms with Crippen LogP contribution in [-0.2, 0) is 6.54 Å². The molecule has 1 atom stereocenters. The van der Waals surface area contributed by atoms with Gasteiger partial charge in [0.25, 0.3) is 0 Å². The fourth-order valence-corrected chi connectivity index (χ4v) is 1.97. The van der Waals surface area contributed by atoms with Crippen LogP contribution in [0.2, 0.25) is 0 Å². The van der Waals surface area contributed by atoms with E-state index in [2.05, 4.69) is 33.4 Å². The van der Waals surface area contributed by atoms with Crippen molar-refractivity contribution in [2.75, 3.05) is 6.54 Å². The van der Waals surface area contributed by atoms with E-state index in [4.69, 9.17) is 10.2 Å². The van der Waals surface area contributed by atoms with Gasteiger partial charge in [-0.25, -0.2) is 0 Å². The van der Waals surface area contributed by atoms with Gasteiger partial charge < -0.3 is 15.5 Å². The van der Waals surface area contributed by atoms with Crippen LogP contribution in [0.25, 0.3) is 0 Å². The van der Waals surface area contributed by atoms with Gasteiger partial charge in [0.2, 0.25) is 0 Å². The maximum atomic E-state index is 5.74. The molecule has 0 amide bonds. The quantitative estimate of drug-likeness (QED) is 0.892. The fraction of sp³-hybridized carbons (Fsp3) is 0.231. The van der Waals surface area contributed by atoms with E-state index in [1.807, 2.05) is 30.3 Å². The number of nitrogens with one attached hydrogen (secondary N) is 1. The average molecular weight is 295 g/mol. The number of rotatable bonds is 5. The Morgan fingerprint density at radius 2 is 1.94 bits per heavy atom. The summed E-state index contributed by atoms with van der Waals surface area (Å²) in [6, 6.07) is 14.1. The number of benzene rings is 1. The molecule has 4 heteroatoms. The average Bonchev–Trinajstić information content (AvgIpc) is 2.78. The van der Waals surface area contributed by atoms with E-state index < -0.39 is 0 Å². The lowest BCUT2D eigenvalue weighted by Gasteiger charge is -2.14. The summed E-state index contributed by atoms with van der Waals surface area (Å²) in [5, 5.41) is 3.38. The van der Waals surface area contributed by atoms with E-state index in [0.29, 0.717) is 6.54 Å². The van der Waals surface area contributed by atoms with Crippen molar-refractivity contribution >= 4 is 15.9 Å². The zero-order valence-electron chi connectivity index (χ0n) is 9.40. The molecule has 1 aromatic carbocycles. The van der Waals surface area contributed by atoms with Crippen molar-refractivity contribution < 1.29 is 4.42 Å². The summed E-state index contributed by atoms with van der Waals surface area (Å²) in [5.74, 6) is 0.857. The molecular weight excluding hydrogens is 280 g/mol. The molecule has 0 aliphatic rings. The van der Waals surface area contributed by atoms with Crippen LogP contribution >= 0.6 is 15.9 Å². The molecule has 0 aliphatic heterocycles. The van der Waals surface area contributed by atoms with Gasteiger partial charge in [-0.2, -0.15) is 0 Å². The molecule has 90 valence electrons. The number of halogens is 1. The lowest BCUT2D eigenvalue weighted by atomic mass is 10.2. The van der Waals surface area contributed by atoms with Crippen molar-refractivity contribution in [3.05, 3.63) is 58.5 Å². The SMILES string of the molecule is NCC(NCc1ccccc1)c1ccc(Br)o1. The summed E-state index contributed by atoms with van der Waals surface area (Å²) in [6.45, 7) is 1.29. The van der Waals surface area contributed by atoms with Crippen LogP contribution in [0.15, 0.2) is 51.6 Å². The predicted molar refractivity (Wildman–Crippen MR) is 71.5 cm³/mol. The van der Waals surface area contributed by atoms with Gasteiger partial charge in [-0.1, -0.05) is 30.3 Å². The van der Waals surface area contributed by atoms with Crippen LogP contribution in [0.5, 0.6) is 0 Å². The highest BCUT2D eigenvalue weighted by Crippen LogP contribution is 2.20. The van der Waals surface area contributed by atoms with E-state index in [-0.39, 0.29) is 6.04 Å². The number of furan rings is 1. The molecule has 2 aromatic rings. The molecule has 0 spiro atoms. The van der Waals surface area contributed by atoms with Gasteiger partial charge in [-0.15, -0.1) is 0 Å². The van der Waals surface area contributed by atoms with E-state index >= 15 is 0 Å². The molecule has 2 rings (SSSR count). The minimum atomic E-state index is 0.0431. The lowest BCUT2D eigenvalue weighted by molar-refractivity contribution is 0.405. The Kier molecular flexibility index (Phi) is 4.36. The fourth-order valence-electron chi connectivity index (χ4n) is 1.65. The zero-order valence-corrected chi connectivity index (χ0v) is 11.0. The van der Waals surface area contributed by atoms with E-state index in [1.54, 1.807) is 0 Å². The smallest absolute Gasteiger partial charge is 0.169 e. The number of hydrogen-bond acceptors (Lipinski definition) is 3. The Hall–Kier alpha value is -1.10. The molecule has 1 unspecified atom stereocenters. The first-order valence-electron chi connectivity index (χ1n) is 5.52. The zero-order chi connectivity index (χ0) is 12.1. The maximum Gasteiger partial charge on any atom is 0.169 e. The topological polar surface area (TPSA) is 51.2 Å². The highest BCUT2D eigenvalue weighted by Gasteiger charge is 2.12. The predicted octanol–water partition coefficient (Wildman–Crippen LogP) is 2.83. The summed E-state index contributed by atoms with van der Waals surface area (Å²) in [4.78, 5) is 0. The van der Waals surface area contributed by atoms with Gasteiger partial charge in [-0.05, 0) is 33.6 Å². The molecule has 0 bridgehead atoms. The highest BCUT2D eigenvalue weighted by molar-refractivity contribution is 9.10. The first-order valence-corrected chi connectivity index (χ1v) is 6.31. The van der Waals surface area contributed by atoms with Crippen LogP contribution in [0.3, 0.4) is 0 Å². The van der Waals surface area contributed by atoms with Gasteiger partial charge in [0.1, 0.15) is 5.76 Å². The van der Waals surface area contributed by atoms with Gasteiger partial charge in [0.05, 0.1) is 6.04 Å². The third kappa shape index (κ3) is 3.43. The van der Waals surface area contributed by atoms with Crippen LogP contribution in [0.4, 0.5) is 0 Å². The lowest BCUT2D eigenvalue weighted by Crippen LogP contribution is -2.27. The Balaban J connectivity index is 1.97. The molecule has 0 fully saturated rings. The molecule has 1 heterocycles.